The third-order valence-corrected chi connectivity index (χ3v) is 4.16. The van der Waals surface area contributed by atoms with Crippen LogP contribution in [-0.2, 0) is 6.54 Å². The van der Waals surface area contributed by atoms with E-state index in [1.807, 2.05) is 0 Å². The molecule has 3 rings (SSSR count). The Hall–Kier alpha value is -0.900. The molecule has 0 amide bonds. The normalized spacial score (nSPS) is 22.9. The van der Waals surface area contributed by atoms with Crippen LogP contribution in [0.25, 0.3) is 0 Å². The fourth-order valence-electron chi connectivity index (χ4n) is 3.08. The van der Waals surface area contributed by atoms with E-state index in [0.717, 1.165) is 25.6 Å². The number of rotatable bonds is 3. The minimum atomic E-state index is 0.758. The predicted octanol–water partition coefficient (Wildman–Crippen LogP) is 1.12. The summed E-state index contributed by atoms with van der Waals surface area (Å²) in [6.07, 6.45) is 0. The van der Waals surface area contributed by atoms with Gasteiger partial charge in [0.05, 0.1) is 0 Å². The molecular formula is C15H23N3. The summed E-state index contributed by atoms with van der Waals surface area (Å²) >= 11 is 0. The quantitative estimate of drug-likeness (QED) is 0.861. The maximum Gasteiger partial charge on any atom is 0.0237 e. The fraction of sp³-hybridized carbons (Fsp3) is 0.600. The molecule has 0 saturated carbocycles. The van der Waals surface area contributed by atoms with Crippen molar-refractivity contribution >= 4 is 0 Å². The Balaban J connectivity index is 1.70. The van der Waals surface area contributed by atoms with E-state index in [0.29, 0.717) is 0 Å². The van der Waals surface area contributed by atoms with Crippen LogP contribution >= 0.6 is 0 Å². The molecule has 1 N–H and O–H groups in total. The van der Waals surface area contributed by atoms with Gasteiger partial charge in [-0.1, -0.05) is 24.3 Å². The molecule has 0 atom stereocenters. The van der Waals surface area contributed by atoms with Crippen molar-refractivity contribution in [3.8, 4) is 0 Å². The number of nitrogens with zero attached hydrogens (tertiary/aromatic N) is 2. The number of benzene rings is 1. The average Bonchev–Trinajstić information content (AvgIpc) is 2.37. The lowest BCUT2D eigenvalue weighted by atomic mass is 9.88. The van der Waals surface area contributed by atoms with Gasteiger partial charge in [-0.05, 0) is 18.2 Å². The van der Waals surface area contributed by atoms with Gasteiger partial charge in [-0.2, -0.15) is 0 Å². The summed E-state index contributed by atoms with van der Waals surface area (Å²) in [4.78, 5) is 4.96. The zero-order valence-electron chi connectivity index (χ0n) is 11.2. The minimum Gasteiger partial charge on any atom is -0.314 e. The second-order valence-electron chi connectivity index (χ2n) is 5.64. The SMILES string of the molecule is CN1CC(c2ccccc2CN2CCNCC2)C1. The highest BCUT2D eigenvalue weighted by molar-refractivity contribution is 5.32. The smallest absolute Gasteiger partial charge is 0.0237 e. The Labute approximate surface area is 110 Å². The van der Waals surface area contributed by atoms with Gasteiger partial charge in [0.2, 0.25) is 0 Å². The summed E-state index contributed by atoms with van der Waals surface area (Å²) < 4.78 is 0. The van der Waals surface area contributed by atoms with Gasteiger partial charge in [0.15, 0.2) is 0 Å². The van der Waals surface area contributed by atoms with Crippen LogP contribution in [0.5, 0.6) is 0 Å². The molecule has 3 heteroatoms. The molecule has 0 unspecified atom stereocenters. The lowest BCUT2D eigenvalue weighted by molar-refractivity contribution is 0.186. The molecule has 2 aliphatic rings. The van der Waals surface area contributed by atoms with Crippen LogP contribution in [0, 0.1) is 0 Å². The molecule has 98 valence electrons. The summed E-state index contributed by atoms with van der Waals surface area (Å²) in [7, 11) is 2.20. The Morgan fingerprint density at radius 3 is 2.61 bits per heavy atom. The zero-order valence-corrected chi connectivity index (χ0v) is 11.2. The van der Waals surface area contributed by atoms with Gasteiger partial charge in [0.1, 0.15) is 0 Å². The Morgan fingerprint density at radius 2 is 1.89 bits per heavy atom. The van der Waals surface area contributed by atoms with Crippen LogP contribution in [-0.4, -0.2) is 56.1 Å². The summed E-state index contributed by atoms with van der Waals surface area (Å²) in [5.74, 6) is 0.758. The Bertz CT molecular complexity index is 392. The van der Waals surface area contributed by atoms with Crippen molar-refractivity contribution in [2.24, 2.45) is 0 Å². The summed E-state index contributed by atoms with van der Waals surface area (Å²) in [6, 6.07) is 9.02. The fourth-order valence-corrected chi connectivity index (χ4v) is 3.08. The van der Waals surface area contributed by atoms with Gasteiger partial charge in [-0.3, -0.25) is 4.90 Å². The van der Waals surface area contributed by atoms with Crippen LogP contribution in [0.15, 0.2) is 24.3 Å². The van der Waals surface area contributed by atoms with Crippen LogP contribution in [0.2, 0.25) is 0 Å². The van der Waals surface area contributed by atoms with Crippen LogP contribution < -0.4 is 5.32 Å². The highest BCUT2D eigenvalue weighted by Crippen LogP contribution is 2.28. The molecule has 2 fully saturated rings. The molecule has 18 heavy (non-hydrogen) atoms. The first-order valence-electron chi connectivity index (χ1n) is 7.02. The van der Waals surface area contributed by atoms with Crippen molar-refractivity contribution < 1.29 is 0 Å². The molecule has 1 aromatic rings. The minimum absolute atomic E-state index is 0.758. The van der Waals surface area contributed by atoms with Crippen LogP contribution in [0.4, 0.5) is 0 Å². The summed E-state index contributed by atoms with van der Waals surface area (Å²) in [5.41, 5.74) is 3.12. The zero-order chi connectivity index (χ0) is 12.4. The highest BCUT2D eigenvalue weighted by Gasteiger charge is 2.26. The van der Waals surface area contributed by atoms with E-state index >= 15 is 0 Å². The largest absolute Gasteiger partial charge is 0.314 e. The molecule has 3 nitrogen and oxygen atoms in total. The third-order valence-electron chi connectivity index (χ3n) is 4.16. The predicted molar refractivity (Wildman–Crippen MR) is 74.8 cm³/mol. The van der Waals surface area contributed by atoms with E-state index < -0.39 is 0 Å². The molecule has 1 aromatic carbocycles. The first-order chi connectivity index (χ1) is 8.83. The van der Waals surface area contributed by atoms with Gasteiger partial charge in [0, 0.05) is 51.7 Å². The van der Waals surface area contributed by atoms with Crippen LogP contribution in [0.1, 0.15) is 17.0 Å². The van der Waals surface area contributed by atoms with E-state index in [9.17, 15) is 0 Å². The Morgan fingerprint density at radius 1 is 1.17 bits per heavy atom. The third kappa shape index (κ3) is 2.58. The average molecular weight is 245 g/mol. The Kier molecular flexibility index (Phi) is 3.64. The molecule has 0 aliphatic carbocycles. The summed E-state index contributed by atoms with van der Waals surface area (Å²) in [5, 5.41) is 3.42. The van der Waals surface area contributed by atoms with E-state index in [4.69, 9.17) is 0 Å². The summed E-state index contributed by atoms with van der Waals surface area (Å²) in [6.45, 7) is 8.19. The first-order valence-corrected chi connectivity index (χ1v) is 7.02. The van der Waals surface area contributed by atoms with Crippen LogP contribution in [0.3, 0.4) is 0 Å². The standard InChI is InChI=1S/C15H23N3/c1-17-10-14(11-17)15-5-3-2-4-13(15)12-18-8-6-16-7-9-18/h2-5,14,16H,6-12H2,1H3. The van der Waals surface area contributed by atoms with Crippen molar-refractivity contribution in [1.82, 2.24) is 15.1 Å². The van der Waals surface area contributed by atoms with Gasteiger partial charge in [-0.15, -0.1) is 0 Å². The van der Waals surface area contributed by atoms with Gasteiger partial charge in [-0.25, -0.2) is 0 Å². The van der Waals surface area contributed by atoms with Crippen molar-refractivity contribution in [1.29, 1.82) is 0 Å². The van der Waals surface area contributed by atoms with Gasteiger partial charge in [0.25, 0.3) is 0 Å². The van der Waals surface area contributed by atoms with Gasteiger partial charge >= 0.3 is 0 Å². The molecule has 2 heterocycles. The molecule has 0 radical (unpaired) electrons. The topological polar surface area (TPSA) is 18.5 Å². The van der Waals surface area contributed by atoms with Crippen molar-refractivity contribution in [2.75, 3.05) is 46.3 Å². The maximum absolute atomic E-state index is 3.42. The lowest BCUT2D eigenvalue weighted by Gasteiger charge is -2.38. The molecule has 0 bridgehead atoms. The first kappa shape index (κ1) is 12.2. The molecule has 0 spiro atoms. The van der Waals surface area contributed by atoms with Crippen molar-refractivity contribution in [3.63, 3.8) is 0 Å². The second kappa shape index (κ2) is 5.39. The van der Waals surface area contributed by atoms with E-state index in [1.165, 1.54) is 31.7 Å². The number of piperazine rings is 1. The number of likely N-dealkylation sites (tertiary alicyclic amines) is 1. The molecule has 0 aromatic heterocycles. The lowest BCUT2D eigenvalue weighted by Crippen LogP contribution is -2.44. The number of likely N-dealkylation sites (N-methyl/N-ethyl adjacent to an activating group) is 1. The molecular weight excluding hydrogens is 222 g/mol. The maximum atomic E-state index is 3.42. The highest BCUT2D eigenvalue weighted by atomic mass is 15.2. The van der Waals surface area contributed by atoms with E-state index in [2.05, 4.69) is 46.4 Å². The van der Waals surface area contributed by atoms with Gasteiger partial charge < -0.3 is 10.2 Å². The number of hydrogen-bond donors (Lipinski definition) is 1. The number of nitrogens with one attached hydrogen (secondary N) is 1. The van der Waals surface area contributed by atoms with E-state index in [-0.39, 0.29) is 0 Å². The molecule has 2 aliphatic heterocycles. The van der Waals surface area contributed by atoms with Crippen molar-refractivity contribution in [3.05, 3.63) is 35.4 Å². The monoisotopic (exact) mass is 245 g/mol. The molecule has 2 saturated heterocycles. The number of hydrogen-bond acceptors (Lipinski definition) is 3. The van der Waals surface area contributed by atoms with Crippen molar-refractivity contribution in [2.45, 2.75) is 12.5 Å². The van der Waals surface area contributed by atoms with E-state index in [1.54, 1.807) is 5.56 Å². The second-order valence-corrected chi connectivity index (χ2v) is 5.64.